The van der Waals surface area contributed by atoms with Crippen molar-refractivity contribution in [3.8, 4) is 5.75 Å². The third-order valence-electron chi connectivity index (χ3n) is 4.74. The van der Waals surface area contributed by atoms with Crippen LogP contribution in [0.25, 0.3) is 5.57 Å². The Bertz CT molecular complexity index is 583. The first kappa shape index (κ1) is 15.1. The molecule has 1 amide bonds. The molecule has 0 radical (unpaired) electrons. The number of hydrogen-bond acceptors (Lipinski definition) is 2. The predicted octanol–water partition coefficient (Wildman–Crippen LogP) is 3.67. The molecule has 1 saturated heterocycles. The number of amides is 1. The fourth-order valence-corrected chi connectivity index (χ4v) is 3.36. The van der Waals surface area contributed by atoms with Crippen molar-refractivity contribution in [1.82, 2.24) is 4.90 Å². The first-order valence-electron chi connectivity index (χ1n) is 8.44. The number of benzene rings is 1. The summed E-state index contributed by atoms with van der Waals surface area (Å²) in [6, 6.07) is 6.13. The average Bonchev–Trinajstić information content (AvgIpc) is 2.54. The van der Waals surface area contributed by atoms with Crippen molar-refractivity contribution in [3.05, 3.63) is 35.4 Å². The fourth-order valence-electron chi connectivity index (χ4n) is 3.36. The van der Waals surface area contributed by atoms with Gasteiger partial charge in [0.05, 0.1) is 6.61 Å². The molecule has 3 heteroatoms. The van der Waals surface area contributed by atoms with Crippen molar-refractivity contribution in [2.45, 2.75) is 39.5 Å². The molecule has 0 unspecified atom stereocenters. The zero-order chi connectivity index (χ0) is 15.5. The van der Waals surface area contributed by atoms with Crippen molar-refractivity contribution in [1.29, 1.82) is 0 Å². The van der Waals surface area contributed by atoms with Crippen molar-refractivity contribution < 1.29 is 9.53 Å². The Hall–Kier alpha value is -1.77. The van der Waals surface area contributed by atoms with Crippen LogP contribution in [0.2, 0.25) is 0 Å². The van der Waals surface area contributed by atoms with Crippen LogP contribution in [-0.4, -0.2) is 30.5 Å². The van der Waals surface area contributed by atoms with E-state index in [4.69, 9.17) is 4.74 Å². The van der Waals surface area contributed by atoms with Crippen molar-refractivity contribution >= 4 is 11.5 Å². The molecule has 0 atom stereocenters. The number of carbonyl (C=O) groups excluding carboxylic acids is 1. The quantitative estimate of drug-likeness (QED) is 0.852. The molecule has 0 saturated carbocycles. The van der Waals surface area contributed by atoms with E-state index in [0.717, 1.165) is 61.6 Å². The molecule has 118 valence electrons. The minimum absolute atomic E-state index is 0.206. The average molecular weight is 299 g/mol. The van der Waals surface area contributed by atoms with Crippen LogP contribution in [0.3, 0.4) is 0 Å². The standard InChI is InChI=1S/C19H25NO2/c1-3-22-16-7-8-17-15(13-16)5-4-6-18(17)19(21)20-11-9-14(2)10-12-20/h6-8,13-14H,3-5,9-12H2,1-2H3. The summed E-state index contributed by atoms with van der Waals surface area (Å²) < 4.78 is 5.58. The van der Waals surface area contributed by atoms with Crippen LogP contribution in [0.5, 0.6) is 5.75 Å². The van der Waals surface area contributed by atoms with Crippen molar-refractivity contribution in [2.24, 2.45) is 5.92 Å². The van der Waals surface area contributed by atoms with Gasteiger partial charge in [0.2, 0.25) is 0 Å². The van der Waals surface area contributed by atoms with E-state index in [1.165, 1.54) is 5.56 Å². The second-order valence-electron chi connectivity index (χ2n) is 6.38. The van der Waals surface area contributed by atoms with E-state index in [0.29, 0.717) is 6.61 Å². The number of carbonyl (C=O) groups is 1. The number of fused-ring (bicyclic) bond motifs is 1. The first-order valence-corrected chi connectivity index (χ1v) is 8.44. The second-order valence-corrected chi connectivity index (χ2v) is 6.38. The Morgan fingerprint density at radius 2 is 2.09 bits per heavy atom. The molecule has 1 aliphatic carbocycles. The van der Waals surface area contributed by atoms with E-state index in [1.807, 2.05) is 17.9 Å². The van der Waals surface area contributed by atoms with Gasteiger partial charge in [0.25, 0.3) is 5.91 Å². The van der Waals surface area contributed by atoms with Crippen LogP contribution in [0, 0.1) is 5.92 Å². The van der Waals surface area contributed by atoms with E-state index in [2.05, 4.69) is 25.1 Å². The van der Waals surface area contributed by atoms with Gasteiger partial charge in [-0.3, -0.25) is 4.79 Å². The summed E-state index contributed by atoms with van der Waals surface area (Å²) in [5.41, 5.74) is 3.22. The molecular formula is C19H25NO2. The number of nitrogens with zero attached hydrogens (tertiary/aromatic N) is 1. The van der Waals surface area contributed by atoms with Gasteiger partial charge >= 0.3 is 0 Å². The van der Waals surface area contributed by atoms with Crippen LogP contribution in [0.15, 0.2) is 24.3 Å². The number of likely N-dealkylation sites (tertiary alicyclic amines) is 1. The Morgan fingerprint density at radius 1 is 1.32 bits per heavy atom. The van der Waals surface area contributed by atoms with Gasteiger partial charge in [-0.05, 0) is 61.8 Å². The zero-order valence-electron chi connectivity index (χ0n) is 13.6. The summed E-state index contributed by atoms with van der Waals surface area (Å²) in [6.07, 6.45) is 6.28. The molecule has 1 aliphatic heterocycles. The van der Waals surface area contributed by atoms with Crippen LogP contribution in [0.4, 0.5) is 0 Å². The molecule has 1 aromatic rings. The minimum Gasteiger partial charge on any atom is -0.494 e. The molecule has 2 aliphatic rings. The highest BCUT2D eigenvalue weighted by molar-refractivity contribution is 6.20. The number of hydrogen-bond donors (Lipinski definition) is 0. The molecule has 0 bridgehead atoms. The molecule has 3 rings (SSSR count). The maximum absolute atomic E-state index is 12.9. The van der Waals surface area contributed by atoms with E-state index in [-0.39, 0.29) is 5.91 Å². The Labute approximate surface area is 133 Å². The Morgan fingerprint density at radius 3 is 2.82 bits per heavy atom. The highest BCUT2D eigenvalue weighted by Gasteiger charge is 2.26. The number of rotatable bonds is 3. The van der Waals surface area contributed by atoms with E-state index in [9.17, 15) is 4.79 Å². The Balaban J connectivity index is 1.81. The number of allylic oxidation sites excluding steroid dienone is 1. The van der Waals surface area contributed by atoms with Gasteiger partial charge in [0.15, 0.2) is 0 Å². The van der Waals surface area contributed by atoms with Crippen LogP contribution in [0.1, 0.15) is 44.2 Å². The van der Waals surface area contributed by atoms with E-state index >= 15 is 0 Å². The molecule has 0 spiro atoms. The van der Waals surface area contributed by atoms with Crippen LogP contribution < -0.4 is 4.74 Å². The van der Waals surface area contributed by atoms with Gasteiger partial charge in [-0.1, -0.05) is 19.1 Å². The van der Waals surface area contributed by atoms with Gasteiger partial charge in [-0.25, -0.2) is 0 Å². The second kappa shape index (κ2) is 6.55. The molecule has 3 nitrogen and oxygen atoms in total. The first-order chi connectivity index (χ1) is 10.7. The van der Waals surface area contributed by atoms with Crippen molar-refractivity contribution in [2.75, 3.05) is 19.7 Å². The third-order valence-corrected chi connectivity index (χ3v) is 4.74. The lowest BCUT2D eigenvalue weighted by atomic mass is 9.89. The number of aryl methyl sites for hydroxylation is 1. The number of ether oxygens (including phenoxy) is 1. The van der Waals surface area contributed by atoms with E-state index < -0.39 is 0 Å². The predicted molar refractivity (Wildman–Crippen MR) is 88.9 cm³/mol. The lowest BCUT2D eigenvalue weighted by Crippen LogP contribution is -2.38. The maximum atomic E-state index is 12.9. The van der Waals surface area contributed by atoms with Gasteiger partial charge < -0.3 is 9.64 Å². The molecule has 1 aromatic carbocycles. The topological polar surface area (TPSA) is 29.5 Å². The molecule has 1 heterocycles. The highest BCUT2D eigenvalue weighted by atomic mass is 16.5. The highest BCUT2D eigenvalue weighted by Crippen LogP contribution is 2.31. The van der Waals surface area contributed by atoms with Gasteiger partial charge in [0, 0.05) is 18.7 Å². The fraction of sp³-hybridized carbons (Fsp3) is 0.526. The number of piperidine rings is 1. The summed E-state index contributed by atoms with van der Waals surface area (Å²) in [5.74, 6) is 1.85. The summed E-state index contributed by atoms with van der Waals surface area (Å²) in [6.45, 7) is 6.72. The molecule has 1 fully saturated rings. The molecular weight excluding hydrogens is 274 g/mol. The summed E-state index contributed by atoms with van der Waals surface area (Å²) >= 11 is 0. The van der Waals surface area contributed by atoms with Gasteiger partial charge in [0.1, 0.15) is 5.75 Å². The summed E-state index contributed by atoms with van der Waals surface area (Å²) in [5, 5.41) is 0. The lowest BCUT2D eigenvalue weighted by molar-refractivity contribution is -0.126. The smallest absolute Gasteiger partial charge is 0.254 e. The molecule has 0 N–H and O–H groups in total. The maximum Gasteiger partial charge on any atom is 0.254 e. The van der Waals surface area contributed by atoms with Gasteiger partial charge in [-0.2, -0.15) is 0 Å². The van der Waals surface area contributed by atoms with Crippen molar-refractivity contribution in [3.63, 3.8) is 0 Å². The minimum atomic E-state index is 0.206. The molecule has 0 aromatic heterocycles. The Kier molecular flexibility index (Phi) is 4.51. The van der Waals surface area contributed by atoms with Crippen LogP contribution >= 0.6 is 0 Å². The largest absolute Gasteiger partial charge is 0.494 e. The zero-order valence-corrected chi connectivity index (χ0v) is 13.6. The monoisotopic (exact) mass is 299 g/mol. The summed E-state index contributed by atoms with van der Waals surface area (Å²) in [7, 11) is 0. The summed E-state index contributed by atoms with van der Waals surface area (Å²) in [4.78, 5) is 14.9. The van der Waals surface area contributed by atoms with Crippen LogP contribution in [-0.2, 0) is 11.2 Å². The van der Waals surface area contributed by atoms with Gasteiger partial charge in [-0.15, -0.1) is 0 Å². The molecule has 22 heavy (non-hydrogen) atoms. The van der Waals surface area contributed by atoms with E-state index in [1.54, 1.807) is 0 Å². The normalized spacial score (nSPS) is 18.6. The lowest BCUT2D eigenvalue weighted by Gasteiger charge is -2.32. The third kappa shape index (κ3) is 3.03. The SMILES string of the molecule is CCOc1ccc2c(c1)CCC=C2C(=O)N1CCC(C)CC1.